The summed E-state index contributed by atoms with van der Waals surface area (Å²) in [5.74, 6) is 1.30. The molecule has 0 fully saturated rings. The molecule has 0 saturated heterocycles. The van der Waals surface area contributed by atoms with E-state index in [4.69, 9.17) is 14.2 Å². The van der Waals surface area contributed by atoms with E-state index in [-0.39, 0.29) is 24.1 Å². The van der Waals surface area contributed by atoms with Crippen molar-refractivity contribution in [1.29, 1.82) is 0 Å². The molecule has 1 heterocycles. The van der Waals surface area contributed by atoms with Gasteiger partial charge in [-0.15, -0.1) is 0 Å². The minimum Gasteiger partial charge on any atom is -0.497 e. The molecule has 0 atom stereocenters. The summed E-state index contributed by atoms with van der Waals surface area (Å²) >= 11 is 0. The first-order valence-corrected chi connectivity index (χ1v) is 9.96. The minimum atomic E-state index is -0.375. The van der Waals surface area contributed by atoms with Crippen molar-refractivity contribution in [3.8, 4) is 17.2 Å². The Morgan fingerprint density at radius 3 is 2.59 bits per heavy atom. The van der Waals surface area contributed by atoms with Crippen LogP contribution in [-0.2, 0) is 11.3 Å². The van der Waals surface area contributed by atoms with Crippen molar-refractivity contribution in [2.24, 2.45) is 0 Å². The van der Waals surface area contributed by atoms with E-state index >= 15 is 0 Å². The van der Waals surface area contributed by atoms with E-state index in [0.717, 1.165) is 11.1 Å². The zero-order chi connectivity index (χ0) is 22.5. The lowest BCUT2D eigenvalue weighted by Gasteiger charge is -2.20. The molecular weight excluding hydrogens is 408 g/mol. The van der Waals surface area contributed by atoms with Crippen LogP contribution in [0.5, 0.6) is 17.2 Å². The molecule has 0 aromatic heterocycles. The van der Waals surface area contributed by atoms with E-state index in [1.165, 1.54) is 0 Å². The largest absolute Gasteiger partial charge is 0.497 e. The SMILES string of the molecule is COc1ccc(OC)c(CNC(=O)c2ccc3c(c2)NC(=O)C(=Cc2ccccc2)O3)c1. The molecule has 1 aliphatic rings. The number of ether oxygens (including phenoxy) is 3. The fourth-order valence-electron chi connectivity index (χ4n) is 3.30. The highest BCUT2D eigenvalue weighted by Gasteiger charge is 2.23. The molecule has 0 aliphatic carbocycles. The van der Waals surface area contributed by atoms with Gasteiger partial charge in [0.05, 0.1) is 19.9 Å². The predicted molar refractivity (Wildman–Crippen MR) is 121 cm³/mol. The molecule has 1 aliphatic heterocycles. The molecule has 0 bridgehead atoms. The van der Waals surface area contributed by atoms with Crippen LogP contribution in [0.2, 0.25) is 0 Å². The van der Waals surface area contributed by atoms with Crippen LogP contribution in [0.3, 0.4) is 0 Å². The molecule has 2 N–H and O–H groups in total. The Bertz CT molecular complexity index is 1190. The fraction of sp³-hybridized carbons (Fsp3) is 0.120. The number of methoxy groups -OCH3 is 2. The number of hydrogen-bond acceptors (Lipinski definition) is 5. The standard InChI is InChI=1S/C25H22N2O5/c1-30-19-9-11-21(31-2)18(13-19)15-26-24(28)17-8-10-22-20(14-17)27-25(29)23(32-22)12-16-6-4-3-5-7-16/h3-14H,15H2,1-2H3,(H,26,28)(H,27,29). The lowest BCUT2D eigenvalue weighted by Crippen LogP contribution is -2.26. The van der Waals surface area contributed by atoms with E-state index in [1.54, 1.807) is 56.7 Å². The van der Waals surface area contributed by atoms with Crippen LogP contribution in [0.25, 0.3) is 6.08 Å². The molecule has 2 amide bonds. The van der Waals surface area contributed by atoms with Gasteiger partial charge in [0.15, 0.2) is 11.5 Å². The number of carbonyl (C=O) groups is 2. The number of anilines is 1. The first-order valence-electron chi connectivity index (χ1n) is 9.96. The van der Waals surface area contributed by atoms with Crippen molar-refractivity contribution in [2.75, 3.05) is 19.5 Å². The maximum atomic E-state index is 12.7. The van der Waals surface area contributed by atoms with Gasteiger partial charge in [0, 0.05) is 17.7 Å². The van der Waals surface area contributed by atoms with Crippen LogP contribution in [0, 0.1) is 0 Å². The lowest BCUT2D eigenvalue weighted by molar-refractivity contribution is -0.115. The fourth-order valence-corrected chi connectivity index (χ4v) is 3.30. The average molecular weight is 430 g/mol. The number of benzene rings is 3. The molecule has 0 spiro atoms. The Kier molecular flexibility index (Phi) is 6.07. The Morgan fingerprint density at radius 1 is 1.03 bits per heavy atom. The number of fused-ring (bicyclic) bond motifs is 1. The molecule has 0 radical (unpaired) electrons. The highest BCUT2D eigenvalue weighted by molar-refractivity contribution is 6.09. The molecule has 0 unspecified atom stereocenters. The van der Waals surface area contributed by atoms with E-state index in [1.807, 2.05) is 30.3 Å². The Hall–Kier alpha value is -4.26. The maximum Gasteiger partial charge on any atom is 0.291 e. The van der Waals surface area contributed by atoms with Crippen molar-refractivity contribution < 1.29 is 23.8 Å². The quantitative estimate of drug-likeness (QED) is 0.577. The molecule has 7 heteroatoms. The number of amides is 2. The van der Waals surface area contributed by atoms with E-state index < -0.39 is 0 Å². The monoisotopic (exact) mass is 430 g/mol. The van der Waals surface area contributed by atoms with E-state index in [0.29, 0.717) is 28.5 Å². The highest BCUT2D eigenvalue weighted by atomic mass is 16.5. The second-order valence-electron chi connectivity index (χ2n) is 7.05. The van der Waals surface area contributed by atoms with Crippen molar-refractivity contribution in [1.82, 2.24) is 5.32 Å². The van der Waals surface area contributed by atoms with Gasteiger partial charge in [-0.25, -0.2) is 0 Å². The van der Waals surface area contributed by atoms with Crippen LogP contribution in [-0.4, -0.2) is 26.0 Å². The molecule has 3 aromatic rings. The second-order valence-corrected chi connectivity index (χ2v) is 7.05. The van der Waals surface area contributed by atoms with Gasteiger partial charge in [-0.05, 0) is 48.0 Å². The summed E-state index contributed by atoms with van der Waals surface area (Å²) < 4.78 is 16.3. The normalized spacial score (nSPS) is 13.6. The topological polar surface area (TPSA) is 85.9 Å². The summed E-state index contributed by atoms with van der Waals surface area (Å²) in [6, 6.07) is 19.7. The summed E-state index contributed by atoms with van der Waals surface area (Å²) in [7, 11) is 3.15. The molecule has 4 rings (SSSR count). The average Bonchev–Trinajstić information content (AvgIpc) is 2.83. The van der Waals surface area contributed by atoms with Gasteiger partial charge in [-0.1, -0.05) is 30.3 Å². The van der Waals surface area contributed by atoms with Gasteiger partial charge in [0.2, 0.25) is 0 Å². The Balaban J connectivity index is 1.48. The zero-order valence-electron chi connectivity index (χ0n) is 17.7. The molecule has 0 saturated carbocycles. The molecule has 32 heavy (non-hydrogen) atoms. The number of hydrogen-bond donors (Lipinski definition) is 2. The number of rotatable bonds is 6. The molecular formula is C25H22N2O5. The third-order valence-electron chi connectivity index (χ3n) is 4.96. The third kappa shape index (κ3) is 4.57. The second kappa shape index (κ2) is 9.26. The number of nitrogens with one attached hydrogen (secondary N) is 2. The highest BCUT2D eigenvalue weighted by Crippen LogP contribution is 2.32. The Morgan fingerprint density at radius 2 is 1.84 bits per heavy atom. The van der Waals surface area contributed by atoms with Gasteiger partial charge in [-0.2, -0.15) is 0 Å². The van der Waals surface area contributed by atoms with Crippen LogP contribution in [0.4, 0.5) is 5.69 Å². The van der Waals surface area contributed by atoms with Crippen LogP contribution in [0.15, 0.2) is 72.5 Å². The van der Waals surface area contributed by atoms with E-state index in [9.17, 15) is 9.59 Å². The van der Waals surface area contributed by atoms with Crippen LogP contribution in [0.1, 0.15) is 21.5 Å². The molecule has 162 valence electrons. The Labute approximate surface area is 185 Å². The maximum absolute atomic E-state index is 12.7. The summed E-state index contributed by atoms with van der Waals surface area (Å²) in [4.78, 5) is 25.2. The van der Waals surface area contributed by atoms with Crippen LogP contribution < -0.4 is 24.8 Å². The van der Waals surface area contributed by atoms with Gasteiger partial charge < -0.3 is 24.8 Å². The van der Waals surface area contributed by atoms with Gasteiger partial charge in [0.25, 0.3) is 11.8 Å². The van der Waals surface area contributed by atoms with Crippen molar-refractivity contribution in [3.63, 3.8) is 0 Å². The number of carbonyl (C=O) groups excluding carboxylic acids is 2. The lowest BCUT2D eigenvalue weighted by atomic mass is 10.1. The third-order valence-corrected chi connectivity index (χ3v) is 4.96. The van der Waals surface area contributed by atoms with Crippen molar-refractivity contribution >= 4 is 23.6 Å². The van der Waals surface area contributed by atoms with Crippen molar-refractivity contribution in [2.45, 2.75) is 6.54 Å². The molecule has 7 nitrogen and oxygen atoms in total. The summed E-state index contributed by atoms with van der Waals surface area (Å²) in [6.45, 7) is 0.253. The first kappa shape index (κ1) is 21.0. The van der Waals surface area contributed by atoms with Gasteiger partial charge >= 0.3 is 0 Å². The van der Waals surface area contributed by atoms with Crippen LogP contribution >= 0.6 is 0 Å². The van der Waals surface area contributed by atoms with Gasteiger partial charge in [0.1, 0.15) is 11.5 Å². The first-order chi connectivity index (χ1) is 15.6. The van der Waals surface area contributed by atoms with E-state index in [2.05, 4.69) is 10.6 Å². The summed E-state index contributed by atoms with van der Waals surface area (Å²) in [6.07, 6.45) is 1.67. The van der Waals surface area contributed by atoms with Gasteiger partial charge in [-0.3, -0.25) is 9.59 Å². The zero-order valence-corrected chi connectivity index (χ0v) is 17.7. The summed E-state index contributed by atoms with van der Waals surface area (Å²) in [5, 5.41) is 5.65. The molecule has 3 aromatic carbocycles. The minimum absolute atomic E-state index is 0.186. The smallest absolute Gasteiger partial charge is 0.291 e. The van der Waals surface area contributed by atoms with Crippen molar-refractivity contribution in [3.05, 3.63) is 89.2 Å². The summed E-state index contributed by atoms with van der Waals surface area (Å²) in [5.41, 5.74) is 2.47. The predicted octanol–water partition coefficient (Wildman–Crippen LogP) is 4.01.